The molecule has 2 aliphatic rings. The average molecular weight is 168 g/mol. The Labute approximate surface area is 75.3 Å². The van der Waals surface area contributed by atoms with Gasteiger partial charge in [-0.25, -0.2) is 0 Å². The van der Waals surface area contributed by atoms with Crippen molar-refractivity contribution in [2.24, 2.45) is 5.92 Å². The zero-order valence-electron chi connectivity index (χ0n) is 8.05. The van der Waals surface area contributed by atoms with E-state index in [0.29, 0.717) is 0 Å². The standard InChI is InChI=1S/C10H20N2/c1-9-4-5-11-8-10(9)12-6-2-3-7-12/h9-11H,2-8H2,1H3. The number of nitrogens with one attached hydrogen (secondary N) is 1. The van der Waals surface area contributed by atoms with Crippen molar-refractivity contribution in [3.05, 3.63) is 0 Å². The molecule has 0 aliphatic carbocycles. The minimum absolute atomic E-state index is 0.834. The normalized spacial score (nSPS) is 38.8. The van der Waals surface area contributed by atoms with Crippen molar-refractivity contribution >= 4 is 0 Å². The van der Waals surface area contributed by atoms with E-state index in [1.807, 2.05) is 0 Å². The maximum atomic E-state index is 3.50. The van der Waals surface area contributed by atoms with E-state index >= 15 is 0 Å². The van der Waals surface area contributed by atoms with Gasteiger partial charge in [0.25, 0.3) is 0 Å². The lowest BCUT2D eigenvalue weighted by Crippen LogP contribution is -2.49. The monoisotopic (exact) mass is 168 g/mol. The summed E-state index contributed by atoms with van der Waals surface area (Å²) < 4.78 is 0. The lowest BCUT2D eigenvalue weighted by Gasteiger charge is -2.36. The SMILES string of the molecule is CC1CCNCC1N1CCCC1. The van der Waals surface area contributed by atoms with Gasteiger partial charge < -0.3 is 5.32 Å². The van der Waals surface area contributed by atoms with Gasteiger partial charge in [0.2, 0.25) is 0 Å². The van der Waals surface area contributed by atoms with E-state index in [-0.39, 0.29) is 0 Å². The van der Waals surface area contributed by atoms with E-state index in [0.717, 1.165) is 12.0 Å². The second-order valence-corrected chi connectivity index (χ2v) is 4.28. The lowest BCUT2D eigenvalue weighted by atomic mass is 9.94. The molecule has 0 aromatic heterocycles. The van der Waals surface area contributed by atoms with Crippen LogP contribution in [0, 0.1) is 5.92 Å². The number of rotatable bonds is 1. The van der Waals surface area contributed by atoms with Crippen molar-refractivity contribution < 1.29 is 0 Å². The molecule has 0 amide bonds. The van der Waals surface area contributed by atoms with Crippen LogP contribution in [0.1, 0.15) is 26.2 Å². The van der Waals surface area contributed by atoms with Gasteiger partial charge in [-0.15, -0.1) is 0 Å². The number of likely N-dealkylation sites (tertiary alicyclic amines) is 1. The number of hydrogen-bond acceptors (Lipinski definition) is 2. The highest BCUT2D eigenvalue weighted by Crippen LogP contribution is 2.21. The molecule has 12 heavy (non-hydrogen) atoms. The van der Waals surface area contributed by atoms with Crippen molar-refractivity contribution in [2.45, 2.75) is 32.2 Å². The van der Waals surface area contributed by atoms with Crippen molar-refractivity contribution in [3.63, 3.8) is 0 Å². The smallest absolute Gasteiger partial charge is 0.0246 e. The molecule has 2 fully saturated rings. The molecule has 2 rings (SSSR count). The summed E-state index contributed by atoms with van der Waals surface area (Å²) in [7, 11) is 0. The quantitative estimate of drug-likeness (QED) is 0.630. The highest BCUT2D eigenvalue weighted by Gasteiger charge is 2.28. The molecule has 0 radical (unpaired) electrons. The van der Waals surface area contributed by atoms with Gasteiger partial charge in [0.15, 0.2) is 0 Å². The molecule has 1 N–H and O–H groups in total. The van der Waals surface area contributed by atoms with Gasteiger partial charge >= 0.3 is 0 Å². The summed E-state index contributed by atoms with van der Waals surface area (Å²) in [6, 6.07) is 0.834. The fraction of sp³-hybridized carbons (Fsp3) is 1.00. The molecule has 2 heteroatoms. The van der Waals surface area contributed by atoms with Gasteiger partial charge in [0.1, 0.15) is 0 Å². The molecular weight excluding hydrogens is 148 g/mol. The van der Waals surface area contributed by atoms with Crippen molar-refractivity contribution in [1.29, 1.82) is 0 Å². The van der Waals surface area contributed by atoms with E-state index < -0.39 is 0 Å². The van der Waals surface area contributed by atoms with Crippen LogP contribution in [-0.4, -0.2) is 37.1 Å². The molecule has 0 bridgehead atoms. The zero-order valence-corrected chi connectivity index (χ0v) is 8.05. The highest BCUT2D eigenvalue weighted by atomic mass is 15.2. The van der Waals surface area contributed by atoms with Crippen LogP contribution in [0.5, 0.6) is 0 Å². The molecule has 0 aromatic rings. The molecule has 2 aliphatic heterocycles. The molecule has 70 valence electrons. The second kappa shape index (κ2) is 3.75. The maximum absolute atomic E-state index is 3.50. The summed E-state index contributed by atoms with van der Waals surface area (Å²) in [6.07, 6.45) is 4.20. The molecule has 2 heterocycles. The van der Waals surface area contributed by atoms with Crippen LogP contribution in [0.25, 0.3) is 0 Å². The van der Waals surface area contributed by atoms with Crippen molar-refractivity contribution in [3.8, 4) is 0 Å². The van der Waals surface area contributed by atoms with Crippen LogP contribution >= 0.6 is 0 Å². The summed E-state index contributed by atoms with van der Waals surface area (Å²) in [5.74, 6) is 0.907. The Balaban J connectivity index is 1.91. The van der Waals surface area contributed by atoms with E-state index in [9.17, 15) is 0 Å². The van der Waals surface area contributed by atoms with Crippen LogP contribution in [0.15, 0.2) is 0 Å². The van der Waals surface area contributed by atoms with Gasteiger partial charge in [-0.2, -0.15) is 0 Å². The van der Waals surface area contributed by atoms with Crippen LogP contribution in [0.4, 0.5) is 0 Å². The summed E-state index contributed by atoms with van der Waals surface area (Å²) in [4.78, 5) is 2.68. The van der Waals surface area contributed by atoms with E-state index in [4.69, 9.17) is 0 Å². The molecule has 2 nitrogen and oxygen atoms in total. The molecule has 0 spiro atoms. The molecule has 0 saturated carbocycles. The Hall–Kier alpha value is -0.0800. The number of hydrogen-bond donors (Lipinski definition) is 1. The van der Waals surface area contributed by atoms with Crippen molar-refractivity contribution in [1.82, 2.24) is 10.2 Å². The first-order valence-electron chi connectivity index (χ1n) is 5.32. The van der Waals surface area contributed by atoms with Crippen LogP contribution in [0.2, 0.25) is 0 Å². The average Bonchev–Trinajstić information content (AvgIpc) is 2.57. The summed E-state index contributed by atoms with van der Waals surface area (Å²) in [5, 5.41) is 3.50. The van der Waals surface area contributed by atoms with Gasteiger partial charge in [0, 0.05) is 12.6 Å². The fourth-order valence-electron chi connectivity index (χ4n) is 2.54. The number of piperidine rings is 1. The maximum Gasteiger partial charge on any atom is 0.0246 e. The third kappa shape index (κ3) is 1.64. The topological polar surface area (TPSA) is 15.3 Å². The first-order valence-corrected chi connectivity index (χ1v) is 5.32. The van der Waals surface area contributed by atoms with Crippen LogP contribution in [-0.2, 0) is 0 Å². The molecular formula is C10H20N2. The van der Waals surface area contributed by atoms with Gasteiger partial charge in [0.05, 0.1) is 0 Å². The Morgan fingerprint density at radius 2 is 2.00 bits per heavy atom. The Bertz CT molecular complexity index is 141. The fourth-order valence-corrected chi connectivity index (χ4v) is 2.54. The van der Waals surface area contributed by atoms with Gasteiger partial charge in [-0.3, -0.25) is 4.90 Å². The summed E-state index contributed by atoms with van der Waals surface area (Å²) in [6.45, 7) is 7.55. The van der Waals surface area contributed by atoms with Crippen LogP contribution in [0.3, 0.4) is 0 Å². The predicted octanol–water partition coefficient (Wildman–Crippen LogP) is 1.08. The Morgan fingerprint density at radius 1 is 1.25 bits per heavy atom. The molecule has 2 saturated heterocycles. The van der Waals surface area contributed by atoms with Gasteiger partial charge in [-0.1, -0.05) is 6.92 Å². The number of nitrogens with zero attached hydrogens (tertiary/aromatic N) is 1. The van der Waals surface area contributed by atoms with E-state index in [2.05, 4.69) is 17.1 Å². The molecule has 0 aromatic carbocycles. The minimum Gasteiger partial charge on any atom is -0.315 e. The minimum atomic E-state index is 0.834. The first kappa shape index (κ1) is 8.52. The van der Waals surface area contributed by atoms with Crippen molar-refractivity contribution in [2.75, 3.05) is 26.2 Å². The predicted molar refractivity (Wildman–Crippen MR) is 51.2 cm³/mol. The highest BCUT2D eigenvalue weighted by molar-refractivity contribution is 4.85. The van der Waals surface area contributed by atoms with E-state index in [1.54, 1.807) is 0 Å². The zero-order chi connectivity index (χ0) is 8.39. The molecule has 2 atom stereocenters. The van der Waals surface area contributed by atoms with Gasteiger partial charge in [-0.05, 0) is 44.8 Å². The molecule has 2 unspecified atom stereocenters. The Kier molecular flexibility index (Phi) is 2.66. The third-order valence-electron chi connectivity index (χ3n) is 3.40. The third-order valence-corrected chi connectivity index (χ3v) is 3.40. The van der Waals surface area contributed by atoms with E-state index in [1.165, 1.54) is 45.4 Å². The summed E-state index contributed by atoms with van der Waals surface area (Å²) in [5.41, 5.74) is 0. The first-order chi connectivity index (χ1) is 5.88. The second-order valence-electron chi connectivity index (χ2n) is 4.28. The largest absolute Gasteiger partial charge is 0.315 e. The van der Waals surface area contributed by atoms with Crippen LogP contribution < -0.4 is 5.32 Å². The summed E-state index contributed by atoms with van der Waals surface area (Å²) >= 11 is 0. The Morgan fingerprint density at radius 3 is 2.67 bits per heavy atom. The lowest BCUT2D eigenvalue weighted by molar-refractivity contribution is 0.150.